The molecule has 0 amide bonds. The number of halogens is 1. The molecule has 4 heteroatoms. The van der Waals surface area contributed by atoms with Crippen LogP contribution < -0.4 is 10.2 Å². The van der Waals surface area contributed by atoms with Crippen LogP contribution in [0.4, 0.5) is 5.69 Å². The first-order chi connectivity index (χ1) is 11.8. The Morgan fingerprint density at radius 1 is 0.875 bits per heavy atom. The molecule has 0 aliphatic heterocycles. The molecule has 0 spiro atoms. The number of nitrogens with zero attached hydrogens (tertiary/aromatic N) is 1. The van der Waals surface area contributed by atoms with Crippen LogP contribution in [0.3, 0.4) is 0 Å². The largest absolute Gasteiger partial charge is 0.488 e. The van der Waals surface area contributed by atoms with Gasteiger partial charge in [-0.25, -0.2) is 0 Å². The molecule has 3 aromatic carbocycles. The van der Waals surface area contributed by atoms with E-state index in [4.69, 9.17) is 16.3 Å². The van der Waals surface area contributed by atoms with Crippen LogP contribution in [-0.4, -0.2) is 6.21 Å². The first kappa shape index (κ1) is 16.1. The van der Waals surface area contributed by atoms with Crippen molar-refractivity contribution in [1.82, 2.24) is 0 Å². The van der Waals surface area contributed by atoms with E-state index in [1.807, 2.05) is 78.9 Å². The zero-order valence-electron chi connectivity index (χ0n) is 13.0. The summed E-state index contributed by atoms with van der Waals surface area (Å²) >= 11 is 6.17. The highest BCUT2D eigenvalue weighted by Crippen LogP contribution is 2.21. The average Bonchev–Trinajstić information content (AvgIpc) is 2.63. The van der Waals surface area contributed by atoms with Crippen LogP contribution in [0.25, 0.3) is 0 Å². The first-order valence-electron chi connectivity index (χ1n) is 7.62. The van der Waals surface area contributed by atoms with E-state index in [1.165, 1.54) is 0 Å². The molecular weight excluding hydrogens is 320 g/mol. The van der Waals surface area contributed by atoms with Crippen LogP contribution in [-0.2, 0) is 6.61 Å². The number of benzene rings is 3. The molecule has 0 aliphatic carbocycles. The van der Waals surface area contributed by atoms with E-state index >= 15 is 0 Å². The molecule has 24 heavy (non-hydrogen) atoms. The normalized spacial score (nSPS) is 10.7. The van der Waals surface area contributed by atoms with Gasteiger partial charge in [0.1, 0.15) is 12.4 Å². The van der Waals surface area contributed by atoms with Crippen molar-refractivity contribution in [1.29, 1.82) is 0 Å². The summed E-state index contributed by atoms with van der Waals surface area (Å²) in [5.74, 6) is 0.760. The van der Waals surface area contributed by atoms with Crippen LogP contribution >= 0.6 is 11.6 Å². The van der Waals surface area contributed by atoms with Gasteiger partial charge in [0, 0.05) is 16.1 Å². The standard InChI is InChI=1S/C20H17ClN2O/c21-19-12-6-4-9-17(19)15-24-20-13-7-5-8-16(20)14-22-23-18-10-2-1-3-11-18/h1-14,23H,15H2/b22-14-. The summed E-state index contributed by atoms with van der Waals surface area (Å²) in [5, 5.41) is 4.97. The van der Waals surface area contributed by atoms with Crippen molar-refractivity contribution >= 4 is 23.5 Å². The number of hydrazone groups is 1. The average molecular weight is 337 g/mol. The third kappa shape index (κ3) is 4.37. The zero-order chi connectivity index (χ0) is 16.6. The third-order valence-corrected chi connectivity index (χ3v) is 3.80. The molecule has 0 fully saturated rings. The number of ether oxygens (including phenoxy) is 1. The Balaban J connectivity index is 1.68. The molecular formula is C20H17ClN2O. The monoisotopic (exact) mass is 336 g/mol. The molecule has 1 N–H and O–H groups in total. The highest BCUT2D eigenvalue weighted by Gasteiger charge is 2.03. The summed E-state index contributed by atoms with van der Waals surface area (Å²) in [7, 11) is 0. The van der Waals surface area contributed by atoms with Gasteiger partial charge >= 0.3 is 0 Å². The molecule has 0 heterocycles. The quantitative estimate of drug-likeness (QED) is 0.485. The molecule has 0 aromatic heterocycles. The Morgan fingerprint density at radius 3 is 2.42 bits per heavy atom. The number of nitrogens with one attached hydrogen (secondary N) is 1. The second-order valence-electron chi connectivity index (χ2n) is 5.15. The van der Waals surface area contributed by atoms with E-state index in [0.29, 0.717) is 11.6 Å². The van der Waals surface area contributed by atoms with Gasteiger partial charge in [-0.1, -0.05) is 60.1 Å². The highest BCUT2D eigenvalue weighted by atomic mass is 35.5. The van der Waals surface area contributed by atoms with Gasteiger partial charge in [0.15, 0.2) is 0 Å². The summed E-state index contributed by atoms with van der Waals surface area (Å²) < 4.78 is 5.90. The zero-order valence-corrected chi connectivity index (χ0v) is 13.8. The predicted molar refractivity (Wildman–Crippen MR) is 99.9 cm³/mol. The van der Waals surface area contributed by atoms with E-state index in [2.05, 4.69) is 10.5 Å². The second kappa shape index (κ2) is 8.18. The van der Waals surface area contributed by atoms with Crippen molar-refractivity contribution in [3.05, 3.63) is 95.0 Å². The fourth-order valence-corrected chi connectivity index (χ4v) is 2.37. The van der Waals surface area contributed by atoms with Crippen molar-refractivity contribution in [2.75, 3.05) is 5.43 Å². The van der Waals surface area contributed by atoms with Gasteiger partial charge in [0.2, 0.25) is 0 Å². The predicted octanol–water partition coefficient (Wildman–Crippen LogP) is 5.37. The van der Waals surface area contributed by atoms with Crippen molar-refractivity contribution in [2.45, 2.75) is 6.61 Å². The fraction of sp³-hybridized carbons (Fsp3) is 0.0500. The Labute approximate surface area is 146 Å². The summed E-state index contributed by atoms with van der Waals surface area (Å²) in [5.41, 5.74) is 5.78. The van der Waals surface area contributed by atoms with Gasteiger partial charge < -0.3 is 4.74 Å². The number of hydrogen-bond acceptors (Lipinski definition) is 3. The molecule has 3 aromatic rings. The minimum absolute atomic E-state index is 0.413. The first-order valence-corrected chi connectivity index (χ1v) is 8.00. The smallest absolute Gasteiger partial charge is 0.128 e. The van der Waals surface area contributed by atoms with Gasteiger partial charge in [0.05, 0.1) is 11.9 Å². The number of hydrogen-bond donors (Lipinski definition) is 1. The molecule has 120 valence electrons. The van der Waals surface area contributed by atoms with E-state index in [0.717, 1.165) is 22.6 Å². The lowest BCUT2D eigenvalue weighted by Crippen LogP contribution is -1.99. The van der Waals surface area contributed by atoms with Crippen LogP contribution in [0.15, 0.2) is 84.0 Å². The van der Waals surface area contributed by atoms with Crippen molar-refractivity contribution in [2.24, 2.45) is 5.10 Å². The van der Waals surface area contributed by atoms with Crippen molar-refractivity contribution in [3.63, 3.8) is 0 Å². The Morgan fingerprint density at radius 2 is 1.58 bits per heavy atom. The Hall–Kier alpha value is -2.78. The van der Waals surface area contributed by atoms with Crippen molar-refractivity contribution in [3.8, 4) is 5.75 Å². The van der Waals surface area contributed by atoms with Gasteiger partial charge in [-0.05, 0) is 30.3 Å². The minimum atomic E-state index is 0.413. The van der Waals surface area contributed by atoms with Crippen LogP contribution in [0.5, 0.6) is 5.75 Å². The van der Waals surface area contributed by atoms with E-state index in [1.54, 1.807) is 6.21 Å². The summed E-state index contributed by atoms with van der Waals surface area (Å²) in [6.45, 7) is 0.413. The Bertz CT molecular complexity index is 819. The molecule has 0 aliphatic rings. The lowest BCUT2D eigenvalue weighted by molar-refractivity contribution is 0.306. The lowest BCUT2D eigenvalue weighted by atomic mass is 10.2. The SMILES string of the molecule is Clc1ccccc1COc1ccccc1/C=N\Nc1ccccc1. The number of para-hydroxylation sites is 2. The van der Waals surface area contributed by atoms with E-state index in [9.17, 15) is 0 Å². The summed E-state index contributed by atoms with van der Waals surface area (Å²) in [6, 6.07) is 25.2. The molecule has 0 saturated carbocycles. The summed E-state index contributed by atoms with van der Waals surface area (Å²) in [6.07, 6.45) is 1.74. The number of rotatable bonds is 6. The molecule has 3 nitrogen and oxygen atoms in total. The maximum atomic E-state index is 6.17. The molecule has 0 unspecified atom stereocenters. The second-order valence-corrected chi connectivity index (χ2v) is 5.56. The fourth-order valence-electron chi connectivity index (χ4n) is 2.18. The highest BCUT2D eigenvalue weighted by molar-refractivity contribution is 6.31. The van der Waals surface area contributed by atoms with Gasteiger partial charge in [-0.3, -0.25) is 5.43 Å². The number of anilines is 1. The molecule has 0 saturated heterocycles. The van der Waals surface area contributed by atoms with Crippen LogP contribution in [0, 0.1) is 0 Å². The van der Waals surface area contributed by atoms with Crippen molar-refractivity contribution < 1.29 is 4.74 Å². The molecule has 0 bridgehead atoms. The molecule has 0 radical (unpaired) electrons. The maximum Gasteiger partial charge on any atom is 0.128 e. The third-order valence-electron chi connectivity index (χ3n) is 3.43. The van der Waals surface area contributed by atoms with E-state index < -0.39 is 0 Å². The summed E-state index contributed by atoms with van der Waals surface area (Å²) in [4.78, 5) is 0. The van der Waals surface area contributed by atoms with Gasteiger partial charge in [-0.15, -0.1) is 0 Å². The van der Waals surface area contributed by atoms with Gasteiger partial charge in [0.25, 0.3) is 0 Å². The maximum absolute atomic E-state index is 6.17. The van der Waals surface area contributed by atoms with Crippen LogP contribution in [0.1, 0.15) is 11.1 Å². The Kier molecular flexibility index (Phi) is 5.48. The van der Waals surface area contributed by atoms with Gasteiger partial charge in [-0.2, -0.15) is 5.10 Å². The molecule has 3 rings (SSSR count). The van der Waals surface area contributed by atoms with Crippen LogP contribution in [0.2, 0.25) is 5.02 Å². The van der Waals surface area contributed by atoms with E-state index in [-0.39, 0.29) is 0 Å². The minimum Gasteiger partial charge on any atom is -0.488 e. The lowest BCUT2D eigenvalue weighted by Gasteiger charge is -2.10. The molecule has 0 atom stereocenters. The topological polar surface area (TPSA) is 33.6 Å².